The molecule has 0 bridgehead atoms. The summed E-state index contributed by atoms with van der Waals surface area (Å²) in [5, 5.41) is 4.35. The van der Waals surface area contributed by atoms with E-state index >= 15 is 0 Å². The maximum atomic E-state index is 11.7. The van der Waals surface area contributed by atoms with Crippen molar-refractivity contribution in [2.24, 2.45) is 0 Å². The summed E-state index contributed by atoms with van der Waals surface area (Å²) in [6.07, 6.45) is 0. The van der Waals surface area contributed by atoms with E-state index in [0.29, 0.717) is 0 Å². The van der Waals surface area contributed by atoms with Crippen molar-refractivity contribution in [3.05, 3.63) is 15.6 Å². The minimum Gasteiger partial charge on any atom is -0.347 e. The van der Waals surface area contributed by atoms with Gasteiger partial charge in [-0.3, -0.25) is 10.1 Å². The van der Waals surface area contributed by atoms with Gasteiger partial charge >= 0.3 is 0 Å². The van der Waals surface area contributed by atoms with Gasteiger partial charge in [-0.1, -0.05) is 0 Å². The number of amides is 1. The summed E-state index contributed by atoms with van der Waals surface area (Å²) in [4.78, 5) is 19.1. The van der Waals surface area contributed by atoms with Crippen molar-refractivity contribution in [2.45, 2.75) is 39.8 Å². The van der Waals surface area contributed by atoms with Crippen LogP contribution in [-0.4, -0.2) is 35.9 Å². The molecular weight excluding hydrogens is 234 g/mol. The zero-order valence-electron chi connectivity index (χ0n) is 11.4. The monoisotopic (exact) mass is 255 g/mol. The molecule has 0 aromatic carbocycles. The van der Waals surface area contributed by atoms with Gasteiger partial charge in [0.05, 0.1) is 16.7 Å². The molecule has 1 amide bonds. The summed E-state index contributed by atoms with van der Waals surface area (Å²) >= 11 is 1.69. The van der Waals surface area contributed by atoms with Crippen molar-refractivity contribution in [3.63, 3.8) is 0 Å². The summed E-state index contributed by atoms with van der Waals surface area (Å²) in [6.45, 7) is 7.99. The van der Waals surface area contributed by atoms with E-state index in [0.717, 1.165) is 10.7 Å². The maximum Gasteiger partial charge on any atom is 0.238 e. The first-order valence-electron chi connectivity index (χ1n) is 5.74. The lowest BCUT2D eigenvalue weighted by atomic mass is 10.2. The average Bonchev–Trinajstić information content (AvgIpc) is 2.56. The quantitative estimate of drug-likeness (QED) is 0.893. The third-order valence-corrected chi connectivity index (χ3v) is 3.56. The number of carbonyl (C=O) groups is 1. The number of thiazole rings is 1. The largest absolute Gasteiger partial charge is 0.347 e. The van der Waals surface area contributed by atoms with Gasteiger partial charge in [0.25, 0.3) is 0 Å². The van der Waals surface area contributed by atoms with Crippen molar-refractivity contribution >= 4 is 17.2 Å². The van der Waals surface area contributed by atoms with Crippen molar-refractivity contribution in [2.75, 3.05) is 14.1 Å². The topological polar surface area (TPSA) is 45.2 Å². The number of hydrogen-bond acceptors (Lipinski definition) is 4. The zero-order valence-corrected chi connectivity index (χ0v) is 12.2. The number of hydrogen-bond donors (Lipinski definition) is 1. The Morgan fingerprint density at radius 3 is 2.35 bits per heavy atom. The number of aryl methyl sites for hydroxylation is 2. The van der Waals surface area contributed by atoms with Crippen molar-refractivity contribution < 1.29 is 4.79 Å². The molecule has 1 rings (SSSR count). The standard InChI is InChI=1S/C12H21N3OS/c1-7(11-9(3)17-10(4)14-11)13-8(2)12(16)15(5)6/h7-8,13H,1-6H3. The van der Waals surface area contributed by atoms with Crippen LogP contribution in [-0.2, 0) is 4.79 Å². The molecule has 0 fully saturated rings. The fraction of sp³-hybridized carbons (Fsp3) is 0.667. The highest BCUT2D eigenvalue weighted by molar-refractivity contribution is 7.11. The molecule has 0 spiro atoms. The number of nitrogens with one attached hydrogen (secondary N) is 1. The van der Waals surface area contributed by atoms with Gasteiger partial charge < -0.3 is 4.90 Å². The van der Waals surface area contributed by atoms with Crippen LogP contribution in [0.3, 0.4) is 0 Å². The van der Waals surface area contributed by atoms with E-state index in [1.165, 1.54) is 4.88 Å². The maximum absolute atomic E-state index is 11.7. The van der Waals surface area contributed by atoms with Gasteiger partial charge in [0.1, 0.15) is 0 Å². The van der Waals surface area contributed by atoms with Crippen LogP contribution < -0.4 is 5.32 Å². The van der Waals surface area contributed by atoms with Gasteiger partial charge in [-0.05, 0) is 27.7 Å². The Morgan fingerprint density at radius 1 is 1.35 bits per heavy atom. The second kappa shape index (κ2) is 5.60. The lowest BCUT2D eigenvalue weighted by Crippen LogP contribution is -2.42. The number of nitrogens with zero attached hydrogens (tertiary/aromatic N) is 2. The molecule has 0 aliphatic rings. The summed E-state index contributed by atoms with van der Waals surface area (Å²) < 4.78 is 0. The average molecular weight is 255 g/mol. The molecule has 1 aromatic heterocycles. The first kappa shape index (κ1) is 14.1. The summed E-state index contributed by atoms with van der Waals surface area (Å²) in [6, 6.07) is -0.0970. The van der Waals surface area contributed by atoms with E-state index in [1.54, 1.807) is 30.3 Å². The number of aromatic nitrogens is 1. The van der Waals surface area contributed by atoms with Gasteiger partial charge in [0, 0.05) is 25.0 Å². The molecule has 0 saturated carbocycles. The van der Waals surface area contributed by atoms with Gasteiger partial charge in [-0.2, -0.15) is 0 Å². The van der Waals surface area contributed by atoms with Crippen LogP contribution in [0.2, 0.25) is 0 Å². The van der Waals surface area contributed by atoms with E-state index in [2.05, 4.69) is 17.2 Å². The second-order valence-corrected chi connectivity index (χ2v) is 5.92. The predicted molar refractivity (Wildman–Crippen MR) is 71.3 cm³/mol. The SMILES string of the molecule is Cc1nc(C(C)NC(C)C(=O)N(C)C)c(C)s1. The predicted octanol–water partition coefficient (Wildman–Crippen LogP) is 1.89. The lowest BCUT2D eigenvalue weighted by molar-refractivity contribution is -0.130. The van der Waals surface area contributed by atoms with Crippen molar-refractivity contribution in [3.8, 4) is 0 Å². The van der Waals surface area contributed by atoms with Crippen LogP contribution in [0.25, 0.3) is 0 Å². The Bertz CT molecular complexity index is 400. The molecule has 0 radical (unpaired) electrons. The van der Waals surface area contributed by atoms with Crippen LogP contribution in [0.4, 0.5) is 0 Å². The Labute approximate surface area is 107 Å². The van der Waals surface area contributed by atoms with Crippen LogP contribution in [0.1, 0.15) is 35.5 Å². The molecule has 1 N–H and O–H groups in total. The first-order valence-corrected chi connectivity index (χ1v) is 6.55. The van der Waals surface area contributed by atoms with E-state index in [9.17, 15) is 4.79 Å². The normalized spacial score (nSPS) is 14.5. The minimum absolute atomic E-state index is 0.0847. The highest BCUT2D eigenvalue weighted by atomic mass is 32.1. The molecule has 2 unspecified atom stereocenters. The Balaban J connectivity index is 2.69. The zero-order chi connectivity index (χ0) is 13.2. The van der Waals surface area contributed by atoms with Crippen LogP contribution in [0, 0.1) is 13.8 Å². The van der Waals surface area contributed by atoms with Crippen molar-refractivity contribution in [1.29, 1.82) is 0 Å². The smallest absolute Gasteiger partial charge is 0.238 e. The Kier molecular flexibility index (Phi) is 4.65. The highest BCUT2D eigenvalue weighted by Gasteiger charge is 2.20. The molecule has 2 atom stereocenters. The number of rotatable bonds is 4. The summed E-state index contributed by atoms with van der Waals surface area (Å²) in [5.41, 5.74) is 1.05. The Hall–Kier alpha value is -0.940. The van der Waals surface area contributed by atoms with E-state index in [4.69, 9.17) is 0 Å². The van der Waals surface area contributed by atoms with Gasteiger partial charge in [0.2, 0.25) is 5.91 Å². The van der Waals surface area contributed by atoms with Crippen molar-refractivity contribution in [1.82, 2.24) is 15.2 Å². The molecule has 0 aliphatic carbocycles. The van der Waals surface area contributed by atoms with Crippen LogP contribution in [0.5, 0.6) is 0 Å². The molecule has 96 valence electrons. The lowest BCUT2D eigenvalue weighted by Gasteiger charge is -2.21. The third-order valence-electron chi connectivity index (χ3n) is 2.66. The number of carbonyl (C=O) groups excluding carboxylic acids is 1. The Morgan fingerprint density at radius 2 is 1.94 bits per heavy atom. The molecule has 0 saturated heterocycles. The molecule has 4 nitrogen and oxygen atoms in total. The van der Waals surface area contributed by atoms with E-state index in [-0.39, 0.29) is 18.0 Å². The molecule has 17 heavy (non-hydrogen) atoms. The van der Waals surface area contributed by atoms with Gasteiger partial charge in [0.15, 0.2) is 0 Å². The molecular formula is C12H21N3OS. The van der Waals surface area contributed by atoms with E-state index in [1.807, 2.05) is 20.8 Å². The molecule has 1 heterocycles. The summed E-state index contributed by atoms with van der Waals surface area (Å²) in [5.74, 6) is 0.0847. The minimum atomic E-state index is -0.193. The molecule has 5 heteroatoms. The molecule has 1 aromatic rings. The van der Waals surface area contributed by atoms with Gasteiger partial charge in [-0.25, -0.2) is 4.98 Å². The number of likely N-dealkylation sites (N-methyl/N-ethyl adjacent to an activating group) is 1. The first-order chi connectivity index (χ1) is 7.82. The van der Waals surface area contributed by atoms with Gasteiger partial charge in [-0.15, -0.1) is 11.3 Å². The second-order valence-electron chi connectivity index (χ2n) is 4.52. The summed E-state index contributed by atoms with van der Waals surface area (Å²) in [7, 11) is 3.53. The fourth-order valence-electron chi connectivity index (χ4n) is 1.86. The van der Waals surface area contributed by atoms with Crippen LogP contribution >= 0.6 is 11.3 Å². The molecule has 0 aliphatic heterocycles. The fourth-order valence-corrected chi connectivity index (χ4v) is 2.77. The highest BCUT2D eigenvalue weighted by Crippen LogP contribution is 2.22. The van der Waals surface area contributed by atoms with Crippen LogP contribution in [0.15, 0.2) is 0 Å². The van der Waals surface area contributed by atoms with E-state index < -0.39 is 0 Å². The third kappa shape index (κ3) is 3.51.